The Bertz CT molecular complexity index is 1190. The van der Waals surface area contributed by atoms with Gasteiger partial charge in [-0.3, -0.25) is 14.4 Å². The first-order chi connectivity index (χ1) is 21.5. The second-order valence-electron chi connectivity index (χ2n) is 11.1. The lowest BCUT2D eigenvalue weighted by Gasteiger charge is -2.29. The number of amides is 4. The van der Waals surface area contributed by atoms with Crippen LogP contribution in [0.4, 0.5) is 4.79 Å². The predicted molar refractivity (Wildman–Crippen MR) is 164 cm³/mol. The van der Waals surface area contributed by atoms with E-state index in [9.17, 15) is 28.8 Å². The molecule has 1 fully saturated rings. The van der Waals surface area contributed by atoms with Crippen molar-refractivity contribution in [3.8, 4) is 0 Å². The van der Waals surface area contributed by atoms with E-state index in [2.05, 4.69) is 16.0 Å². The zero-order valence-electron chi connectivity index (χ0n) is 26.7. The SMILES string of the molecule is CCOC(=O)/C=C/CC[C@H](NC(=O)OCc1ccccc1)C(=O)N[C@@H](C)C(=O)N1CCC[C@H]1C(=O)N[C@@H](CC(C)C)C(=O)OC. The molecular weight excluding hydrogens is 584 g/mol. The first-order valence-corrected chi connectivity index (χ1v) is 15.3. The standard InChI is InChI=1S/C32H46N4O9/c1-6-44-27(37)17-11-10-15-24(35-32(42)45-20-23-13-8-7-9-14-23)28(38)33-22(4)30(40)36-18-12-16-26(36)29(39)34-25(19-21(2)3)31(41)43-5/h7-9,11,13-14,17,21-22,24-26H,6,10,12,15-16,18-20H2,1-5H3,(H,33,38)(H,34,39)(H,35,42)/b17-11+/t22-,24-,25-,26-/m0/s1. The molecule has 45 heavy (non-hydrogen) atoms. The van der Waals surface area contributed by atoms with Gasteiger partial charge >= 0.3 is 18.0 Å². The predicted octanol–water partition coefficient (Wildman–Crippen LogP) is 2.38. The second kappa shape index (κ2) is 19.1. The molecule has 1 aliphatic rings. The molecule has 13 nitrogen and oxygen atoms in total. The van der Waals surface area contributed by atoms with Gasteiger partial charge in [0.15, 0.2) is 0 Å². The summed E-state index contributed by atoms with van der Waals surface area (Å²) in [6.45, 7) is 7.52. The summed E-state index contributed by atoms with van der Waals surface area (Å²) in [4.78, 5) is 77.7. The lowest BCUT2D eigenvalue weighted by atomic mass is 10.0. The number of likely N-dealkylation sites (tertiary alicyclic amines) is 1. The van der Waals surface area contributed by atoms with Crippen LogP contribution in [0.1, 0.15) is 65.4 Å². The van der Waals surface area contributed by atoms with Crippen molar-refractivity contribution in [2.24, 2.45) is 5.92 Å². The number of methoxy groups -OCH3 is 1. The third-order valence-corrected chi connectivity index (χ3v) is 7.06. The molecule has 1 aromatic rings. The molecule has 4 amide bonds. The third-order valence-electron chi connectivity index (χ3n) is 7.06. The normalized spacial score (nSPS) is 16.4. The van der Waals surface area contributed by atoms with Gasteiger partial charge in [0, 0.05) is 12.6 Å². The molecule has 0 saturated carbocycles. The zero-order chi connectivity index (χ0) is 33.4. The van der Waals surface area contributed by atoms with Crippen LogP contribution in [0.5, 0.6) is 0 Å². The molecule has 0 bridgehead atoms. The van der Waals surface area contributed by atoms with E-state index in [4.69, 9.17) is 14.2 Å². The number of hydrogen-bond acceptors (Lipinski definition) is 9. The van der Waals surface area contributed by atoms with E-state index >= 15 is 0 Å². The Morgan fingerprint density at radius 1 is 0.978 bits per heavy atom. The number of rotatable bonds is 16. The fourth-order valence-corrected chi connectivity index (χ4v) is 4.83. The molecule has 13 heteroatoms. The van der Waals surface area contributed by atoms with Crippen LogP contribution < -0.4 is 16.0 Å². The van der Waals surface area contributed by atoms with Crippen LogP contribution in [0.2, 0.25) is 0 Å². The summed E-state index contributed by atoms with van der Waals surface area (Å²) in [6, 6.07) is 5.24. The second-order valence-corrected chi connectivity index (χ2v) is 11.1. The molecule has 248 valence electrons. The molecule has 2 rings (SSSR count). The average Bonchev–Trinajstić information content (AvgIpc) is 3.51. The van der Waals surface area contributed by atoms with Crippen LogP contribution in [0.3, 0.4) is 0 Å². The number of allylic oxidation sites excluding steroid dienone is 1. The van der Waals surface area contributed by atoms with Gasteiger partial charge in [0.05, 0.1) is 13.7 Å². The molecule has 0 aliphatic carbocycles. The Morgan fingerprint density at radius 2 is 1.69 bits per heavy atom. The third kappa shape index (κ3) is 12.6. The molecular formula is C32H46N4O9. The minimum atomic E-state index is -1.09. The van der Waals surface area contributed by atoms with Gasteiger partial charge in [0.1, 0.15) is 30.8 Å². The highest BCUT2D eigenvalue weighted by Crippen LogP contribution is 2.20. The number of nitrogens with zero attached hydrogens (tertiary/aromatic N) is 1. The average molecular weight is 631 g/mol. The number of nitrogens with one attached hydrogen (secondary N) is 3. The van der Waals surface area contributed by atoms with Gasteiger partial charge in [-0.05, 0) is 57.4 Å². The maximum atomic E-state index is 13.4. The summed E-state index contributed by atoms with van der Waals surface area (Å²) in [7, 11) is 1.25. The Kier molecular flexibility index (Phi) is 15.6. The van der Waals surface area contributed by atoms with Crippen molar-refractivity contribution in [3.63, 3.8) is 0 Å². The fourth-order valence-electron chi connectivity index (χ4n) is 4.83. The van der Waals surface area contributed by atoms with E-state index in [1.165, 1.54) is 31.1 Å². The van der Waals surface area contributed by atoms with Crippen molar-refractivity contribution in [1.82, 2.24) is 20.9 Å². The van der Waals surface area contributed by atoms with Gasteiger partial charge < -0.3 is 35.1 Å². The van der Waals surface area contributed by atoms with E-state index < -0.39 is 59.9 Å². The molecule has 0 unspecified atom stereocenters. The molecule has 1 heterocycles. The first-order valence-electron chi connectivity index (χ1n) is 15.3. The smallest absolute Gasteiger partial charge is 0.408 e. The minimum absolute atomic E-state index is 0.00885. The number of benzene rings is 1. The number of carbonyl (C=O) groups excluding carboxylic acids is 6. The highest BCUT2D eigenvalue weighted by molar-refractivity contribution is 5.95. The van der Waals surface area contributed by atoms with Gasteiger partial charge in [-0.2, -0.15) is 0 Å². The van der Waals surface area contributed by atoms with Crippen molar-refractivity contribution in [1.29, 1.82) is 0 Å². The Labute approximate surface area is 264 Å². The molecule has 1 aliphatic heterocycles. The largest absolute Gasteiger partial charge is 0.467 e. The van der Waals surface area contributed by atoms with Crippen LogP contribution in [0.25, 0.3) is 0 Å². The van der Waals surface area contributed by atoms with E-state index in [0.29, 0.717) is 25.8 Å². The van der Waals surface area contributed by atoms with Crippen LogP contribution in [0.15, 0.2) is 42.5 Å². The Hall–Kier alpha value is -4.42. The summed E-state index contributed by atoms with van der Waals surface area (Å²) in [5.41, 5.74) is 0.761. The summed E-state index contributed by atoms with van der Waals surface area (Å²) >= 11 is 0. The maximum absolute atomic E-state index is 13.4. The van der Waals surface area contributed by atoms with E-state index in [1.807, 2.05) is 19.9 Å². The van der Waals surface area contributed by atoms with Crippen molar-refractivity contribution < 1.29 is 43.0 Å². The molecule has 0 spiro atoms. The van der Waals surface area contributed by atoms with E-state index in [1.54, 1.807) is 31.2 Å². The molecule has 1 aromatic carbocycles. The summed E-state index contributed by atoms with van der Waals surface area (Å²) in [5.74, 6) is -2.56. The molecule has 4 atom stereocenters. The lowest BCUT2D eigenvalue weighted by molar-refractivity contribution is -0.147. The van der Waals surface area contributed by atoms with Crippen molar-refractivity contribution >= 4 is 35.8 Å². The van der Waals surface area contributed by atoms with Crippen LogP contribution in [-0.2, 0) is 44.8 Å². The molecule has 1 saturated heterocycles. The van der Waals surface area contributed by atoms with Crippen LogP contribution in [-0.4, -0.2) is 85.1 Å². The monoisotopic (exact) mass is 630 g/mol. The van der Waals surface area contributed by atoms with Crippen molar-refractivity contribution in [3.05, 3.63) is 48.0 Å². The first kappa shape index (κ1) is 36.8. The lowest BCUT2D eigenvalue weighted by Crippen LogP contribution is -2.56. The Balaban J connectivity index is 2.06. The van der Waals surface area contributed by atoms with Crippen LogP contribution in [0, 0.1) is 5.92 Å². The quantitative estimate of drug-likeness (QED) is 0.141. The van der Waals surface area contributed by atoms with Gasteiger partial charge in [-0.15, -0.1) is 0 Å². The summed E-state index contributed by atoms with van der Waals surface area (Å²) in [6.07, 6.45) is 3.63. The summed E-state index contributed by atoms with van der Waals surface area (Å²) < 4.78 is 15.0. The minimum Gasteiger partial charge on any atom is -0.467 e. The highest BCUT2D eigenvalue weighted by atomic mass is 16.5. The molecule has 0 aromatic heterocycles. The topological polar surface area (TPSA) is 169 Å². The molecule has 3 N–H and O–H groups in total. The van der Waals surface area contributed by atoms with Gasteiger partial charge in [0.2, 0.25) is 17.7 Å². The zero-order valence-corrected chi connectivity index (χ0v) is 26.7. The maximum Gasteiger partial charge on any atom is 0.408 e. The number of ether oxygens (including phenoxy) is 3. The summed E-state index contributed by atoms with van der Waals surface area (Å²) in [5, 5.41) is 7.89. The number of hydrogen-bond donors (Lipinski definition) is 3. The van der Waals surface area contributed by atoms with E-state index in [-0.39, 0.29) is 32.0 Å². The van der Waals surface area contributed by atoms with Gasteiger partial charge in [-0.1, -0.05) is 50.3 Å². The number of alkyl carbamates (subject to hydrolysis) is 1. The Morgan fingerprint density at radius 3 is 2.33 bits per heavy atom. The van der Waals surface area contributed by atoms with Crippen LogP contribution >= 0.6 is 0 Å². The number of esters is 2. The number of carbonyl (C=O) groups is 6. The van der Waals surface area contributed by atoms with Crippen molar-refractivity contribution in [2.75, 3.05) is 20.3 Å². The van der Waals surface area contributed by atoms with E-state index in [0.717, 1.165) is 5.56 Å². The highest BCUT2D eigenvalue weighted by Gasteiger charge is 2.38. The fraction of sp³-hybridized carbons (Fsp3) is 0.562. The van der Waals surface area contributed by atoms with Crippen molar-refractivity contribution in [2.45, 2.75) is 90.6 Å². The van der Waals surface area contributed by atoms with Gasteiger partial charge in [0.25, 0.3) is 0 Å². The van der Waals surface area contributed by atoms with Gasteiger partial charge in [-0.25, -0.2) is 14.4 Å². The molecule has 0 radical (unpaired) electrons.